The SMILES string of the molecule is O=C(NO)c1cc(C2CC2)c(C(=O)NO)cc1C1CC1. The molecule has 6 nitrogen and oxygen atoms in total. The van der Waals surface area contributed by atoms with Gasteiger partial charge in [0.05, 0.1) is 0 Å². The lowest BCUT2D eigenvalue weighted by molar-refractivity contribution is 0.0696. The molecule has 2 aliphatic carbocycles. The lowest BCUT2D eigenvalue weighted by Crippen LogP contribution is -2.24. The van der Waals surface area contributed by atoms with Crippen LogP contribution in [0.2, 0.25) is 0 Å². The Kier molecular flexibility index (Phi) is 3.19. The van der Waals surface area contributed by atoms with Crippen molar-refractivity contribution in [1.29, 1.82) is 0 Å². The van der Waals surface area contributed by atoms with Crippen molar-refractivity contribution in [2.24, 2.45) is 0 Å². The van der Waals surface area contributed by atoms with Gasteiger partial charge in [-0.2, -0.15) is 0 Å². The molecule has 0 saturated heterocycles. The summed E-state index contributed by atoms with van der Waals surface area (Å²) in [4.78, 5) is 23.6. The smallest absolute Gasteiger partial charge is 0.274 e. The molecule has 2 fully saturated rings. The van der Waals surface area contributed by atoms with Gasteiger partial charge >= 0.3 is 0 Å². The predicted molar refractivity (Wildman–Crippen MR) is 68.9 cm³/mol. The summed E-state index contributed by atoms with van der Waals surface area (Å²) in [7, 11) is 0. The van der Waals surface area contributed by atoms with Crippen LogP contribution in [-0.2, 0) is 0 Å². The molecule has 0 aliphatic heterocycles. The molecule has 20 heavy (non-hydrogen) atoms. The molecule has 2 amide bonds. The minimum atomic E-state index is -0.551. The summed E-state index contributed by atoms with van der Waals surface area (Å²) in [5.74, 6) is -0.601. The standard InChI is InChI=1S/C14H16N2O4/c17-13(15-19)11-6-10(8-3-4-8)12(14(18)16-20)5-9(11)7-1-2-7/h5-8,19-20H,1-4H2,(H,15,17)(H,16,18). The van der Waals surface area contributed by atoms with Crippen LogP contribution in [0.4, 0.5) is 0 Å². The van der Waals surface area contributed by atoms with Crippen LogP contribution in [0.5, 0.6) is 0 Å². The van der Waals surface area contributed by atoms with Crippen LogP contribution in [0.3, 0.4) is 0 Å². The monoisotopic (exact) mass is 276 g/mol. The highest BCUT2D eigenvalue weighted by molar-refractivity contribution is 6.00. The van der Waals surface area contributed by atoms with Gasteiger partial charge in [-0.15, -0.1) is 0 Å². The summed E-state index contributed by atoms with van der Waals surface area (Å²) >= 11 is 0. The first kappa shape index (κ1) is 13.1. The molecule has 0 bridgehead atoms. The molecule has 0 radical (unpaired) electrons. The molecule has 6 heteroatoms. The number of rotatable bonds is 4. The fourth-order valence-electron chi connectivity index (χ4n) is 2.61. The quantitative estimate of drug-likeness (QED) is 0.496. The molecule has 2 saturated carbocycles. The maximum Gasteiger partial charge on any atom is 0.274 e. The van der Waals surface area contributed by atoms with Crippen LogP contribution in [0.25, 0.3) is 0 Å². The predicted octanol–water partition coefficient (Wildman–Crippen LogP) is 1.68. The summed E-state index contributed by atoms with van der Waals surface area (Å²) in [5, 5.41) is 17.7. The first-order valence-corrected chi connectivity index (χ1v) is 6.72. The van der Waals surface area contributed by atoms with Crippen LogP contribution in [0.15, 0.2) is 12.1 Å². The van der Waals surface area contributed by atoms with E-state index in [9.17, 15) is 9.59 Å². The van der Waals surface area contributed by atoms with E-state index >= 15 is 0 Å². The van der Waals surface area contributed by atoms with Crippen molar-refractivity contribution in [1.82, 2.24) is 11.0 Å². The number of hydroxylamine groups is 2. The first-order valence-electron chi connectivity index (χ1n) is 6.72. The van der Waals surface area contributed by atoms with Crippen molar-refractivity contribution < 1.29 is 20.0 Å². The highest BCUT2D eigenvalue weighted by atomic mass is 16.5. The Hall–Kier alpha value is -1.92. The second-order valence-corrected chi connectivity index (χ2v) is 5.46. The normalized spacial score (nSPS) is 17.7. The van der Waals surface area contributed by atoms with E-state index in [1.54, 1.807) is 23.1 Å². The Morgan fingerprint density at radius 2 is 1.20 bits per heavy atom. The maximum atomic E-state index is 11.8. The number of nitrogens with one attached hydrogen (secondary N) is 2. The summed E-state index contributed by atoms with van der Waals surface area (Å²) in [6, 6.07) is 3.36. The molecule has 0 unspecified atom stereocenters. The third-order valence-electron chi connectivity index (χ3n) is 3.95. The molecular formula is C14H16N2O4. The third-order valence-corrected chi connectivity index (χ3v) is 3.95. The minimum Gasteiger partial charge on any atom is -0.288 e. The zero-order chi connectivity index (χ0) is 14.3. The lowest BCUT2D eigenvalue weighted by atomic mass is 9.92. The molecule has 1 aromatic carbocycles. The number of benzene rings is 1. The molecule has 0 heterocycles. The molecule has 0 atom stereocenters. The van der Waals surface area contributed by atoms with Crippen molar-refractivity contribution in [3.63, 3.8) is 0 Å². The Morgan fingerprint density at radius 1 is 0.850 bits per heavy atom. The highest BCUT2D eigenvalue weighted by Crippen LogP contribution is 2.46. The van der Waals surface area contributed by atoms with E-state index in [0.29, 0.717) is 11.1 Å². The summed E-state index contributed by atoms with van der Waals surface area (Å²) < 4.78 is 0. The van der Waals surface area contributed by atoms with E-state index in [2.05, 4.69) is 0 Å². The topological polar surface area (TPSA) is 98.7 Å². The van der Waals surface area contributed by atoms with Crippen LogP contribution in [0, 0.1) is 0 Å². The Balaban J connectivity index is 2.12. The van der Waals surface area contributed by atoms with E-state index in [-0.39, 0.29) is 11.8 Å². The van der Waals surface area contributed by atoms with Crippen molar-refractivity contribution in [2.75, 3.05) is 0 Å². The third kappa shape index (κ3) is 2.28. The number of amides is 2. The number of carbonyl (C=O) groups excluding carboxylic acids is 2. The van der Waals surface area contributed by atoms with E-state index < -0.39 is 11.8 Å². The van der Waals surface area contributed by atoms with Gasteiger partial charge in [0, 0.05) is 11.1 Å². The van der Waals surface area contributed by atoms with Crippen molar-refractivity contribution in [2.45, 2.75) is 37.5 Å². The largest absolute Gasteiger partial charge is 0.288 e. The van der Waals surface area contributed by atoms with Gasteiger partial charge in [-0.1, -0.05) is 0 Å². The molecule has 3 rings (SSSR count). The van der Waals surface area contributed by atoms with E-state index in [1.807, 2.05) is 0 Å². The van der Waals surface area contributed by atoms with Crippen LogP contribution in [0.1, 0.15) is 69.4 Å². The molecule has 106 valence electrons. The van der Waals surface area contributed by atoms with E-state index in [1.165, 1.54) is 0 Å². The first-order chi connectivity index (χ1) is 9.65. The Labute approximate surface area is 115 Å². The van der Waals surface area contributed by atoms with Gasteiger partial charge < -0.3 is 0 Å². The van der Waals surface area contributed by atoms with Crippen molar-refractivity contribution in [3.05, 3.63) is 34.4 Å². The molecular weight excluding hydrogens is 260 g/mol. The fraction of sp³-hybridized carbons (Fsp3) is 0.429. The van der Waals surface area contributed by atoms with E-state index in [0.717, 1.165) is 36.8 Å². The molecule has 0 aromatic heterocycles. The second-order valence-electron chi connectivity index (χ2n) is 5.46. The molecule has 2 aliphatic rings. The average molecular weight is 276 g/mol. The fourth-order valence-corrected chi connectivity index (χ4v) is 2.61. The highest BCUT2D eigenvalue weighted by Gasteiger charge is 2.34. The van der Waals surface area contributed by atoms with Gasteiger partial charge in [0.1, 0.15) is 0 Å². The van der Waals surface area contributed by atoms with Crippen LogP contribution >= 0.6 is 0 Å². The van der Waals surface area contributed by atoms with Crippen molar-refractivity contribution >= 4 is 11.8 Å². The lowest BCUT2D eigenvalue weighted by Gasteiger charge is -2.14. The summed E-state index contributed by atoms with van der Waals surface area (Å²) in [6.07, 6.45) is 3.87. The Morgan fingerprint density at radius 3 is 1.45 bits per heavy atom. The van der Waals surface area contributed by atoms with E-state index in [4.69, 9.17) is 10.4 Å². The van der Waals surface area contributed by atoms with Gasteiger partial charge in [-0.25, -0.2) is 11.0 Å². The number of hydrogen-bond acceptors (Lipinski definition) is 4. The maximum absolute atomic E-state index is 11.8. The number of carbonyl (C=O) groups is 2. The zero-order valence-corrected chi connectivity index (χ0v) is 10.8. The van der Waals surface area contributed by atoms with Gasteiger partial charge in [0.2, 0.25) is 0 Å². The summed E-state index contributed by atoms with van der Waals surface area (Å²) in [5.41, 5.74) is 5.70. The molecule has 4 N–H and O–H groups in total. The van der Waals surface area contributed by atoms with Gasteiger partial charge in [0.15, 0.2) is 0 Å². The second kappa shape index (κ2) is 4.88. The van der Waals surface area contributed by atoms with Gasteiger partial charge in [-0.05, 0) is 60.8 Å². The average Bonchev–Trinajstić information content (AvgIpc) is 3.35. The van der Waals surface area contributed by atoms with Crippen molar-refractivity contribution in [3.8, 4) is 0 Å². The van der Waals surface area contributed by atoms with Gasteiger partial charge in [-0.3, -0.25) is 20.0 Å². The van der Waals surface area contributed by atoms with Crippen LogP contribution < -0.4 is 11.0 Å². The Bertz CT molecular complexity index is 525. The summed E-state index contributed by atoms with van der Waals surface area (Å²) in [6.45, 7) is 0. The molecule has 1 aromatic rings. The minimum absolute atomic E-state index is 0.251. The van der Waals surface area contributed by atoms with Gasteiger partial charge in [0.25, 0.3) is 11.8 Å². The zero-order valence-electron chi connectivity index (χ0n) is 10.8. The van der Waals surface area contributed by atoms with Crippen LogP contribution in [-0.4, -0.2) is 22.2 Å². The molecule has 0 spiro atoms. The number of hydrogen-bond donors (Lipinski definition) is 4.